The molecule has 2 heterocycles. The number of nitrogens with zero attached hydrogens (tertiary/aromatic N) is 1. The van der Waals surface area contributed by atoms with Gasteiger partial charge in [0.15, 0.2) is 0 Å². The first kappa shape index (κ1) is 23.9. The fourth-order valence-corrected chi connectivity index (χ4v) is 4.17. The number of carbonyl (C=O) groups is 4. The lowest BCUT2D eigenvalue weighted by atomic mass is 9.75. The van der Waals surface area contributed by atoms with Gasteiger partial charge < -0.3 is 10.2 Å². The van der Waals surface area contributed by atoms with Crippen LogP contribution in [0.25, 0.3) is 0 Å². The van der Waals surface area contributed by atoms with Crippen LogP contribution in [0.4, 0.5) is 8.78 Å². The van der Waals surface area contributed by atoms with Crippen LogP contribution in [0.15, 0.2) is 42.5 Å². The van der Waals surface area contributed by atoms with E-state index in [9.17, 15) is 28.0 Å². The summed E-state index contributed by atoms with van der Waals surface area (Å²) >= 11 is 5.71. The smallest absolute Gasteiger partial charge is 0.349 e. The van der Waals surface area contributed by atoms with Gasteiger partial charge in [0.25, 0.3) is 11.8 Å². The molecule has 7 nitrogen and oxygen atoms in total. The van der Waals surface area contributed by atoms with Crippen molar-refractivity contribution in [3.63, 3.8) is 0 Å². The Bertz CT molecular complexity index is 1200. The maximum Gasteiger partial charge on any atom is 0.349 e. The number of fused-ring (bicyclic) bond motifs is 1. The van der Waals surface area contributed by atoms with Crippen molar-refractivity contribution in [1.82, 2.24) is 15.5 Å². The molecular formula is C22H16B2ClF2N3O4. The van der Waals surface area contributed by atoms with Crippen molar-refractivity contribution in [3.05, 3.63) is 69.7 Å². The number of amides is 4. The molecule has 2 aliphatic rings. The number of rotatable bonds is 5. The monoisotopic (exact) mass is 481 g/mol. The first-order valence-electron chi connectivity index (χ1n) is 10.2. The number of piperidine rings is 1. The number of hydrogen-bond donors (Lipinski definition) is 2. The molecule has 0 spiro atoms. The van der Waals surface area contributed by atoms with Crippen molar-refractivity contribution in [2.75, 3.05) is 0 Å². The first-order chi connectivity index (χ1) is 16.0. The van der Waals surface area contributed by atoms with Crippen LogP contribution < -0.4 is 10.6 Å². The zero-order chi connectivity index (χ0) is 24.8. The average molecular weight is 481 g/mol. The van der Waals surface area contributed by atoms with Crippen molar-refractivity contribution < 1.29 is 28.0 Å². The van der Waals surface area contributed by atoms with Crippen molar-refractivity contribution in [2.45, 2.75) is 36.7 Å². The highest BCUT2D eigenvalue weighted by molar-refractivity contribution is 6.30. The molecule has 2 N–H and O–H groups in total. The van der Waals surface area contributed by atoms with Crippen LogP contribution in [-0.2, 0) is 26.9 Å². The van der Waals surface area contributed by atoms with Gasteiger partial charge in [-0.3, -0.25) is 24.5 Å². The summed E-state index contributed by atoms with van der Waals surface area (Å²) in [6.07, 6.45) is -0.111. The molecule has 12 heteroatoms. The fraction of sp³-hybridized carbons (Fsp3) is 0.273. The predicted molar refractivity (Wildman–Crippen MR) is 119 cm³/mol. The molecule has 0 bridgehead atoms. The largest absolute Gasteiger partial charge is 0.352 e. The van der Waals surface area contributed by atoms with E-state index >= 15 is 0 Å². The van der Waals surface area contributed by atoms with E-state index in [0.29, 0.717) is 5.56 Å². The van der Waals surface area contributed by atoms with Crippen LogP contribution in [0.5, 0.6) is 0 Å². The quantitative estimate of drug-likeness (QED) is 0.503. The highest BCUT2D eigenvalue weighted by atomic mass is 35.5. The summed E-state index contributed by atoms with van der Waals surface area (Å²) in [5.74, 6) is -9.26. The standard InChI is InChI=1S/C22H16B2ClF2N3O4/c23-15-8-16(31)28-19(32)17(15)30-9-11-7-10(1-6-14(11)20(30)33)18(24)29-21(34)22(26,27)12-2-4-13(25)5-3-12/h1-7,15,17-18H,8-9H2,(H,29,34)(H,28,31,32). The lowest BCUT2D eigenvalue weighted by molar-refractivity contribution is -0.147. The zero-order valence-electron chi connectivity index (χ0n) is 17.6. The van der Waals surface area contributed by atoms with E-state index in [-0.39, 0.29) is 29.1 Å². The molecule has 4 radical (unpaired) electrons. The Hall–Kier alpha value is -3.20. The number of carbonyl (C=O) groups excluding carboxylic acids is 4. The van der Waals surface area contributed by atoms with Crippen molar-refractivity contribution in [3.8, 4) is 0 Å². The van der Waals surface area contributed by atoms with E-state index in [1.807, 2.05) is 0 Å². The van der Waals surface area contributed by atoms with Crippen LogP contribution >= 0.6 is 11.6 Å². The van der Waals surface area contributed by atoms with E-state index in [2.05, 4.69) is 10.6 Å². The second kappa shape index (κ2) is 8.87. The van der Waals surface area contributed by atoms with E-state index in [0.717, 1.165) is 12.1 Å². The number of nitrogens with one attached hydrogen (secondary N) is 2. The van der Waals surface area contributed by atoms with Crippen molar-refractivity contribution >= 4 is 50.9 Å². The molecule has 1 fully saturated rings. The van der Waals surface area contributed by atoms with E-state index in [1.54, 1.807) is 0 Å². The van der Waals surface area contributed by atoms with Gasteiger partial charge in [-0.1, -0.05) is 35.9 Å². The van der Waals surface area contributed by atoms with Gasteiger partial charge in [0.1, 0.15) is 13.9 Å². The molecule has 2 aromatic carbocycles. The minimum atomic E-state index is -3.85. The summed E-state index contributed by atoms with van der Waals surface area (Å²) in [5, 5.41) is 4.50. The summed E-state index contributed by atoms with van der Waals surface area (Å²) in [5.41, 5.74) is 0.498. The topological polar surface area (TPSA) is 95.6 Å². The third kappa shape index (κ3) is 4.32. The molecule has 170 valence electrons. The van der Waals surface area contributed by atoms with E-state index in [1.165, 1.54) is 35.2 Å². The van der Waals surface area contributed by atoms with Crippen LogP contribution in [0.1, 0.15) is 39.4 Å². The molecule has 0 aliphatic carbocycles. The molecule has 3 atom stereocenters. The Morgan fingerprint density at radius 1 is 1.18 bits per heavy atom. The number of hydrogen-bond acceptors (Lipinski definition) is 4. The maximum absolute atomic E-state index is 14.6. The van der Waals surface area contributed by atoms with Gasteiger partial charge in [-0.15, -0.1) is 0 Å². The first-order valence-corrected chi connectivity index (χ1v) is 10.6. The highest BCUT2D eigenvalue weighted by Gasteiger charge is 2.43. The summed E-state index contributed by atoms with van der Waals surface area (Å²) in [4.78, 5) is 50.1. The Kier molecular flexibility index (Phi) is 6.24. The number of imide groups is 1. The third-order valence-electron chi connectivity index (χ3n) is 5.79. The number of alkyl halides is 2. The second-order valence-corrected chi connectivity index (χ2v) is 8.54. The van der Waals surface area contributed by atoms with Gasteiger partial charge in [-0.2, -0.15) is 8.78 Å². The molecule has 4 rings (SSSR count). The molecule has 2 aromatic rings. The van der Waals surface area contributed by atoms with Crippen molar-refractivity contribution in [2.24, 2.45) is 0 Å². The van der Waals surface area contributed by atoms with Crippen LogP contribution in [0.3, 0.4) is 0 Å². The summed E-state index contributed by atoms with van der Waals surface area (Å²) < 4.78 is 29.1. The van der Waals surface area contributed by atoms with Gasteiger partial charge in [0.05, 0.1) is 7.85 Å². The lowest BCUT2D eigenvalue weighted by Gasteiger charge is -2.34. The summed E-state index contributed by atoms with van der Waals surface area (Å²) in [6.45, 7) is 0.00356. The normalized spacial score (nSPS) is 21.1. The number of benzene rings is 2. The van der Waals surface area contributed by atoms with Gasteiger partial charge >= 0.3 is 5.92 Å². The zero-order valence-corrected chi connectivity index (χ0v) is 18.3. The van der Waals surface area contributed by atoms with Gasteiger partial charge in [-0.25, -0.2) is 0 Å². The van der Waals surface area contributed by atoms with Crippen LogP contribution in [-0.4, -0.2) is 50.3 Å². The molecule has 0 aromatic heterocycles. The molecule has 0 saturated carbocycles. The number of halogens is 3. The minimum Gasteiger partial charge on any atom is -0.352 e. The van der Waals surface area contributed by atoms with Gasteiger partial charge in [0.2, 0.25) is 11.8 Å². The molecular weight excluding hydrogens is 465 g/mol. The van der Waals surface area contributed by atoms with Gasteiger partial charge in [-0.05, 0) is 35.1 Å². The van der Waals surface area contributed by atoms with Crippen LogP contribution in [0, 0.1) is 0 Å². The minimum absolute atomic E-state index is 0.00356. The fourth-order valence-electron chi connectivity index (χ4n) is 4.04. The maximum atomic E-state index is 14.6. The van der Waals surface area contributed by atoms with Gasteiger partial charge in [0, 0.05) is 35.1 Å². The Labute approximate surface area is 201 Å². The molecule has 1 saturated heterocycles. The predicted octanol–water partition coefficient (Wildman–Crippen LogP) is 1.74. The summed E-state index contributed by atoms with van der Waals surface area (Å²) in [7, 11) is 11.9. The molecule has 34 heavy (non-hydrogen) atoms. The molecule has 2 aliphatic heterocycles. The van der Waals surface area contributed by atoms with Crippen LogP contribution in [0.2, 0.25) is 10.8 Å². The highest BCUT2D eigenvalue weighted by Crippen LogP contribution is 2.33. The van der Waals surface area contributed by atoms with E-state index in [4.69, 9.17) is 27.3 Å². The summed E-state index contributed by atoms with van der Waals surface area (Å²) in [6, 6.07) is 7.91. The Balaban J connectivity index is 1.50. The second-order valence-electron chi connectivity index (χ2n) is 8.11. The Morgan fingerprint density at radius 3 is 2.50 bits per heavy atom. The van der Waals surface area contributed by atoms with E-state index < -0.39 is 52.9 Å². The SMILES string of the molecule is [B]C(NC(=O)C(F)(F)c1ccc(Cl)cc1)c1ccc2c(c1)CN(C1C(=O)NC(=O)CC1[B])C2=O. The van der Waals surface area contributed by atoms with Crippen molar-refractivity contribution in [1.29, 1.82) is 0 Å². The average Bonchev–Trinajstić information content (AvgIpc) is 3.08. The Morgan fingerprint density at radius 2 is 1.85 bits per heavy atom. The lowest BCUT2D eigenvalue weighted by Crippen LogP contribution is -2.55. The molecule has 4 amide bonds. The third-order valence-corrected chi connectivity index (χ3v) is 6.04. The molecule has 3 unspecified atom stereocenters.